The maximum absolute atomic E-state index is 12.3. The van der Waals surface area contributed by atoms with E-state index in [1.165, 1.54) is 0 Å². The zero-order valence-electron chi connectivity index (χ0n) is 21.2. The smallest absolute Gasteiger partial charge is 0.226 e. The first-order valence-electron chi connectivity index (χ1n) is 12.5. The van der Waals surface area contributed by atoms with Crippen molar-refractivity contribution in [3.8, 4) is 5.13 Å². The van der Waals surface area contributed by atoms with Crippen molar-refractivity contribution in [1.29, 1.82) is 0 Å². The molecule has 1 aliphatic heterocycles. The van der Waals surface area contributed by atoms with Crippen LogP contribution in [0, 0.1) is 5.92 Å². The first kappa shape index (κ1) is 25.5. The summed E-state index contributed by atoms with van der Waals surface area (Å²) >= 11 is 14.2. The molecule has 1 fully saturated rings. The van der Waals surface area contributed by atoms with E-state index in [1.807, 2.05) is 80.7 Å². The molecule has 2 atom stereocenters. The van der Waals surface area contributed by atoms with Crippen LogP contribution in [0.25, 0.3) is 15.3 Å². The Morgan fingerprint density at radius 3 is 2.67 bits per heavy atom. The number of hydrogen-bond acceptors (Lipinski definition) is 5. The van der Waals surface area contributed by atoms with Gasteiger partial charge in [0.05, 0.1) is 38.4 Å². The summed E-state index contributed by atoms with van der Waals surface area (Å²) in [5.41, 5.74) is 4.20. The predicted molar refractivity (Wildman–Crippen MR) is 162 cm³/mol. The lowest BCUT2D eigenvalue weighted by atomic mass is 10.0. The van der Waals surface area contributed by atoms with E-state index in [9.17, 15) is 4.79 Å². The summed E-state index contributed by atoms with van der Waals surface area (Å²) in [6.45, 7) is 3.68. The lowest BCUT2D eigenvalue weighted by Gasteiger charge is -2.29. The molecule has 1 saturated heterocycles. The van der Waals surface area contributed by atoms with E-state index < -0.39 is 0 Å². The van der Waals surface area contributed by atoms with E-state index in [4.69, 9.17) is 28.8 Å². The highest BCUT2D eigenvalue weighted by Gasteiger charge is 2.42. The number of halogens is 1. The van der Waals surface area contributed by atoms with Gasteiger partial charge in [-0.05, 0) is 66.8 Å². The number of nitrogens with one attached hydrogen (secondary N) is 2. The van der Waals surface area contributed by atoms with Crippen LogP contribution in [0.2, 0.25) is 5.02 Å². The molecule has 6 rings (SSSR count). The highest BCUT2D eigenvalue weighted by molar-refractivity contribution is 7.80. The van der Waals surface area contributed by atoms with Crippen molar-refractivity contribution in [3.05, 3.63) is 102 Å². The Morgan fingerprint density at radius 1 is 1.10 bits per heavy atom. The average Bonchev–Trinajstić information content (AvgIpc) is 3.66. The maximum Gasteiger partial charge on any atom is 0.226 e. The topological polar surface area (TPSA) is 75.1 Å². The van der Waals surface area contributed by atoms with E-state index in [1.54, 1.807) is 17.5 Å². The van der Waals surface area contributed by atoms with E-state index in [0.29, 0.717) is 15.8 Å². The van der Waals surface area contributed by atoms with Crippen molar-refractivity contribution in [3.63, 3.8) is 0 Å². The Kier molecular flexibility index (Phi) is 6.80. The third-order valence-electron chi connectivity index (χ3n) is 6.68. The van der Waals surface area contributed by atoms with E-state index >= 15 is 0 Å². The van der Waals surface area contributed by atoms with Crippen molar-refractivity contribution in [1.82, 2.24) is 19.9 Å². The third-order valence-corrected chi connectivity index (χ3v) is 8.35. The first-order valence-corrected chi connectivity index (χ1v) is 14.2. The van der Waals surface area contributed by atoms with Gasteiger partial charge >= 0.3 is 0 Å². The summed E-state index contributed by atoms with van der Waals surface area (Å²) in [6.07, 6.45) is 3.81. The maximum atomic E-state index is 12.3. The zero-order valence-corrected chi connectivity index (χ0v) is 23.6. The van der Waals surface area contributed by atoms with Crippen LogP contribution in [-0.4, -0.2) is 25.6 Å². The molecule has 0 bridgehead atoms. The van der Waals surface area contributed by atoms with Gasteiger partial charge in [-0.2, -0.15) is 0 Å². The Bertz CT molecular complexity index is 1650. The molecule has 3 aromatic heterocycles. The minimum absolute atomic E-state index is 0.0928. The van der Waals surface area contributed by atoms with Crippen LogP contribution in [0.15, 0.2) is 85.2 Å². The fourth-order valence-electron chi connectivity index (χ4n) is 4.74. The summed E-state index contributed by atoms with van der Waals surface area (Å²) in [7, 11) is 0. The van der Waals surface area contributed by atoms with Crippen molar-refractivity contribution in [2.24, 2.45) is 5.92 Å². The molecule has 0 spiro atoms. The zero-order chi connectivity index (χ0) is 27.1. The molecule has 4 heterocycles. The Balaban J connectivity index is 1.45. The van der Waals surface area contributed by atoms with Crippen LogP contribution in [0.5, 0.6) is 0 Å². The van der Waals surface area contributed by atoms with Gasteiger partial charge in [0.1, 0.15) is 6.04 Å². The normalized spacial score (nSPS) is 17.1. The molecular weight excluding hydrogens is 548 g/mol. The van der Waals surface area contributed by atoms with Gasteiger partial charge in [0, 0.05) is 24.0 Å². The number of aromatic nitrogens is 3. The lowest BCUT2D eigenvalue weighted by molar-refractivity contribution is -0.118. The van der Waals surface area contributed by atoms with Crippen LogP contribution < -0.4 is 15.5 Å². The Labute approximate surface area is 240 Å². The number of fused-ring (bicyclic) bond motifs is 1. The van der Waals surface area contributed by atoms with Gasteiger partial charge in [-0.1, -0.05) is 55.0 Å². The molecule has 2 N–H and O–H groups in total. The van der Waals surface area contributed by atoms with Gasteiger partial charge in [-0.15, -0.1) is 0 Å². The number of anilines is 2. The number of thiocarbonyl (C=S) groups is 1. The number of hydrogen-bond donors (Lipinski definition) is 2. The SMILES string of the molecule is CC(C)C(=O)Nc1ccc(N2C(=S)N[C@H](c3ccccn3)[C@@H]2c2cccn2-c2nc3ccccc3s2)cc1Cl. The van der Waals surface area contributed by atoms with Crippen molar-refractivity contribution in [2.45, 2.75) is 25.9 Å². The molecule has 0 radical (unpaired) electrons. The van der Waals surface area contributed by atoms with Crippen LogP contribution in [0.1, 0.15) is 37.3 Å². The number of carbonyl (C=O) groups excluding carboxylic acids is 1. The molecule has 39 heavy (non-hydrogen) atoms. The second-order valence-electron chi connectivity index (χ2n) is 9.57. The summed E-state index contributed by atoms with van der Waals surface area (Å²) in [6, 6.07) is 23.2. The Hall–Kier alpha value is -3.79. The largest absolute Gasteiger partial charge is 0.351 e. The van der Waals surface area contributed by atoms with Gasteiger partial charge in [-0.25, -0.2) is 4.98 Å². The predicted octanol–water partition coefficient (Wildman–Crippen LogP) is 6.91. The van der Waals surface area contributed by atoms with Crippen molar-refractivity contribution >= 4 is 67.8 Å². The van der Waals surface area contributed by atoms with Gasteiger partial charge in [0.15, 0.2) is 10.2 Å². The summed E-state index contributed by atoms with van der Waals surface area (Å²) in [5.74, 6) is -0.250. The summed E-state index contributed by atoms with van der Waals surface area (Å²) < 4.78 is 3.24. The second kappa shape index (κ2) is 10.4. The number of para-hydroxylation sites is 1. The quantitative estimate of drug-likeness (QED) is 0.215. The molecule has 2 aromatic carbocycles. The van der Waals surface area contributed by atoms with E-state index in [-0.39, 0.29) is 23.9 Å². The summed E-state index contributed by atoms with van der Waals surface area (Å²) in [4.78, 5) is 23.9. The van der Waals surface area contributed by atoms with Gasteiger partial charge in [0.2, 0.25) is 5.91 Å². The van der Waals surface area contributed by atoms with E-state index in [2.05, 4.69) is 37.2 Å². The number of nitrogens with zero attached hydrogens (tertiary/aromatic N) is 4. The molecule has 1 aliphatic rings. The van der Waals surface area contributed by atoms with E-state index in [0.717, 1.165) is 32.4 Å². The van der Waals surface area contributed by atoms with Crippen LogP contribution in [-0.2, 0) is 4.79 Å². The second-order valence-corrected chi connectivity index (χ2v) is 11.4. The van der Waals surface area contributed by atoms with Crippen molar-refractivity contribution in [2.75, 3.05) is 10.2 Å². The van der Waals surface area contributed by atoms with Crippen molar-refractivity contribution < 1.29 is 4.79 Å². The fraction of sp³-hybridized carbons (Fsp3) is 0.172. The number of benzene rings is 2. The minimum atomic E-state index is -0.249. The summed E-state index contributed by atoms with van der Waals surface area (Å²) in [5, 5.41) is 8.26. The van der Waals surface area contributed by atoms with Crippen LogP contribution in [0.3, 0.4) is 0 Å². The molecule has 5 aromatic rings. The van der Waals surface area contributed by atoms with Crippen LogP contribution >= 0.6 is 35.2 Å². The molecular formula is C29H25ClN6OS2. The molecule has 1 amide bonds. The number of thiazole rings is 1. The first-order chi connectivity index (χ1) is 18.9. The van der Waals surface area contributed by atoms with Gasteiger partial charge in [-0.3, -0.25) is 14.3 Å². The molecule has 10 heteroatoms. The average molecular weight is 573 g/mol. The molecule has 0 aliphatic carbocycles. The molecule has 196 valence electrons. The molecule has 0 unspecified atom stereocenters. The molecule has 7 nitrogen and oxygen atoms in total. The minimum Gasteiger partial charge on any atom is -0.351 e. The number of amides is 1. The lowest BCUT2D eigenvalue weighted by Crippen LogP contribution is -2.30. The highest BCUT2D eigenvalue weighted by atomic mass is 35.5. The Morgan fingerprint density at radius 2 is 1.92 bits per heavy atom. The standard InChI is InChI=1S/C29H25ClN6OS2/c1-17(2)27(37)32-20-13-12-18(16-19(20)30)36-26(25(34-28(36)38)22-9-5-6-14-31-22)23-10-7-15-35(23)29-33-21-8-3-4-11-24(21)39-29/h3-17,25-26H,1-2H3,(H,32,37)(H,34,38)/t25-,26+/m1/s1. The van der Waals surface area contributed by atoms with Crippen LogP contribution in [0.4, 0.5) is 11.4 Å². The fourth-order valence-corrected chi connectivity index (χ4v) is 6.28. The third kappa shape index (κ3) is 4.78. The number of pyridine rings is 1. The molecule has 0 saturated carbocycles. The monoisotopic (exact) mass is 572 g/mol. The number of carbonyl (C=O) groups is 1. The highest BCUT2D eigenvalue weighted by Crippen LogP contribution is 2.44. The number of rotatable bonds is 6. The van der Waals surface area contributed by atoms with Gasteiger partial charge < -0.3 is 15.5 Å². The van der Waals surface area contributed by atoms with Gasteiger partial charge in [0.25, 0.3) is 0 Å².